The molecule has 30 heavy (non-hydrogen) atoms. The second kappa shape index (κ2) is 9.38. The number of benzene rings is 1. The molecule has 1 aromatic carbocycles. The highest BCUT2D eigenvalue weighted by atomic mass is 35.5. The topological polar surface area (TPSA) is 98.7 Å². The summed E-state index contributed by atoms with van der Waals surface area (Å²) in [5, 5.41) is 17.0. The Kier molecular flexibility index (Phi) is 6.42. The Hall–Kier alpha value is -2.74. The van der Waals surface area contributed by atoms with Crippen molar-refractivity contribution in [3.8, 4) is 0 Å². The zero-order chi connectivity index (χ0) is 20.9. The number of nitrogens with zero attached hydrogens (tertiary/aromatic N) is 6. The molecule has 1 unspecified atom stereocenters. The Balaban J connectivity index is 0.000000687. The quantitative estimate of drug-likeness (QED) is 0.636. The minimum atomic E-state index is -0.250. The maximum Gasteiger partial charge on any atom is 0.290 e. The minimum Gasteiger partial charge on any atom is -0.483 e. The Labute approximate surface area is 179 Å². The molecule has 1 fully saturated rings. The van der Waals surface area contributed by atoms with E-state index >= 15 is 0 Å². The Morgan fingerprint density at radius 3 is 2.77 bits per heavy atom. The molecule has 0 saturated heterocycles. The van der Waals surface area contributed by atoms with E-state index in [1.54, 1.807) is 6.33 Å². The van der Waals surface area contributed by atoms with Crippen LogP contribution in [0, 0.1) is 0 Å². The highest BCUT2D eigenvalue weighted by Crippen LogP contribution is 2.34. The number of aromatic nitrogens is 6. The maximum atomic E-state index is 8.36. The largest absolute Gasteiger partial charge is 0.483 e. The maximum absolute atomic E-state index is 8.36. The fourth-order valence-corrected chi connectivity index (χ4v) is 4.62. The third-order valence-electron chi connectivity index (χ3n) is 5.83. The van der Waals surface area contributed by atoms with Gasteiger partial charge in [-0.2, -0.15) is 10.2 Å². The van der Waals surface area contributed by atoms with Crippen molar-refractivity contribution in [2.45, 2.75) is 63.5 Å². The van der Waals surface area contributed by atoms with Gasteiger partial charge in [0.25, 0.3) is 6.47 Å². The summed E-state index contributed by atoms with van der Waals surface area (Å²) < 4.78 is 4.12. The predicted octanol–water partition coefficient (Wildman–Crippen LogP) is 3.66. The van der Waals surface area contributed by atoms with Crippen LogP contribution in [0.3, 0.4) is 0 Å². The van der Waals surface area contributed by atoms with E-state index in [1.807, 2.05) is 22.9 Å². The Morgan fingerprint density at radius 2 is 2.00 bits per heavy atom. The van der Waals surface area contributed by atoms with Gasteiger partial charge in [0.1, 0.15) is 18.0 Å². The van der Waals surface area contributed by atoms with Crippen LogP contribution in [0.4, 0.5) is 0 Å². The van der Waals surface area contributed by atoms with Gasteiger partial charge in [-0.1, -0.05) is 36.6 Å². The number of hydrogen-bond donors (Lipinski definition) is 1. The van der Waals surface area contributed by atoms with Crippen LogP contribution in [-0.4, -0.2) is 41.1 Å². The number of aryl methyl sites for hydroxylation is 1. The number of halogens is 1. The second-order valence-electron chi connectivity index (χ2n) is 7.80. The summed E-state index contributed by atoms with van der Waals surface area (Å²) in [6.07, 6.45) is 8.61. The lowest BCUT2D eigenvalue weighted by atomic mass is 9.98. The summed E-state index contributed by atoms with van der Waals surface area (Å²) in [5.41, 5.74) is 1.16. The van der Waals surface area contributed by atoms with Crippen LogP contribution in [0.5, 0.6) is 0 Å². The summed E-state index contributed by atoms with van der Waals surface area (Å²) in [7, 11) is 0. The van der Waals surface area contributed by atoms with Gasteiger partial charge in [-0.3, -0.25) is 4.79 Å². The second-order valence-corrected chi connectivity index (χ2v) is 8.23. The highest BCUT2D eigenvalue weighted by Gasteiger charge is 2.29. The summed E-state index contributed by atoms with van der Waals surface area (Å²) in [5.74, 6) is 4.01. The first kappa shape index (κ1) is 20.5. The predicted molar refractivity (Wildman–Crippen MR) is 112 cm³/mol. The van der Waals surface area contributed by atoms with E-state index in [9.17, 15) is 0 Å². The first-order chi connectivity index (χ1) is 14.7. The average molecular weight is 429 g/mol. The van der Waals surface area contributed by atoms with Gasteiger partial charge < -0.3 is 5.11 Å². The Morgan fingerprint density at radius 1 is 1.20 bits per heavy atom. The van der Waals surface area contributed by atoms with E-state index in [0.717, 1.165) is 47.4 Å². The lowest BCUT2D eigenvalue weighted by Crippen LogP contribution is -2.23. The monoisotopic (exact) mass is 428 g/mol. The number of carbonyl (C=O) groups is 1. The third-order valence-corrected chi connectivity index (χ3v) is 6.06. The summed E-state index contributed by atoms with van der Waals surface area (Å²) in [4.78, 5) is 17.8. The van der Waals surface area contributed by atoms with Crippen molar-refractivity contribution in [2.75, 3.05) is 0 Å². The van der Waals surface area contributed by atoms with E-state index in [0.29, 0.717) is 18.4 Å². The molecule has 3 aromatic rings. The number of hydrogen-bond acceptors (Lipinski definition) is 5. The van der Waals surface area contributed by atoms with Crippen molar-refractivity contribution < 1.29 is 9.90 Å². The van der Waals surface area contributed by atoms with Gasteiger partial charge in [0.05, 0.1) is 13.1 Å². The number of rotatable bonds is 4. The third kappa shape index (κ3) is 4.53. The molecule has 0 radical (unpaired) electrons. The molecule has 158 valence electrons. The van der Waals surface area contributed by atoms with Crippen molar-refractivity contribution in [1.82, 2.24) is 29.5 Å². The van der Waals surface area contributed by atoms with E-state index < -0.39 is 0 Å². The van der Waals surface area contributed by atoms with Crippen molar-refractivity contribution in [2.24, 2.45) is 0 Å². The molecule has 1 N–H and O–H groups in total. The standard InChI is InChI=1S/C20H23ClN6.CH2O2/c21-17-7-3-4-14(10-17)11-27-20(24-19(25-27)15-5-1-2-6-15)16-8-9-18-22-13-23-26(18)12-16;2-1-3/h3-4,7,10,13,15-16H,1-2,5-6,8-9,11-12H2;1H,(H,2,3). The summed E-state index contributed by atoms with van der Waals surface area (Å²) in [6.45, 7) is 1.28. The van der Waals surface area contributed by atoms with E-state index in [-0.39, 0.29) is 6.47 Å². The van der Waals surface area contributed by atoms with Gasteiger partial charge in [-0.05, 0) is 37.0 Å². The van der Waals surface area contributed by atoms with Crippen LogP contribution in [0.15, 0.2) is 30.6 Å². The smallest absolute Gasteiger partial charge is 0.290 e. The van der Waals surface area contributed by atoms with Crippen molar-refractivity contribution in [1.29, 1.82) is 0 Å². The van der Waals surface area contributed by atoms with Crippen molar-refractivity contribution in [3.05, 3.63) is 58.7 Å². The highest BCUT2D eigenvalue weighted by molar-refractivity contribution is 6.30. The normalized spacial score (nSPS) is 18.5. The average Bonchev–Trinajstić information content (AvgIpc) is 3.48. The van der Waals surface area contributed by atoms with Crippen LogP contribution in [0.25, 0.3) is 0 Å². The molecular weight excluding hydrogens is 404 g/mol. The molecule has 2 aromatic heterocycles. The molecule has 5 rings (SSSR count). The van der Waals surface area contributed by atoms with Gasteiger partial charge in [-0.25, -0.2) is 19.3 Å². The van der Waals surface area contributed by atoms with Gasteiger partial charge in [0, 0.05) is 23.3 Å². The van der Waals surface area contributed by atoms with Crippen molar-refractivity contribution >= 4 is 18.1 Å². The number of carboxylic acid groups (broad SMARTS) is 1. The molecule has 1 aliphatic carbocycles. The SMILES string of the molecule is Clc1cccc(Cn2nc(C3CCCC3)nc2C2CCc3ncnn3C2)c1.O=CO. The molecule has 9 heteroatoms. The molecule has 0 amide bonds. The molecule has 0 bridgehead atoms. The van der Waals surface area contributed by atoms with Crippen molar-refractivity contribution in [3.63, 3.8) is 0 Å². The van der Waals surface area contributed by atoms with Crippen LogP contribution in [0.2, 0.25) is 5.02 Å². The van der Waals surface area contributed by atoms with Gasteiger partial charge in [0.2, 0.25) is 0 Å². The molecule has 2 aliphatic rings. The van der Waals surface area contributed by atoms with E-state index in [1.165, 1.54) is 25.7 Å². The minimum absolute atomic E-state index is 0.250. The molecule has 8 nitrogen and oxygen atoms in total. The molecular formula is C21H25ClN6O2. The van der Waals surface area contributed by atoms with Crippen LogP contribution >= 0.6 is 11.6 Å². The molecule has 0 spiro atoms. The van der Waals surface area contributed by atoms with Gasteiger partial charge >= 0.3 is 0 Å². The van der Waals surface area contributed by atoms with Crippen LogP contribution in [-0.2, 0) is 24.3 Å². The zero-order valence-corrected chi connectivity index (χ0v) is 17.4. The van der Waals surface area contributed by atoms with Crippen LogP contribution in [0.1, 0.15) is 67.0 Å². The lowest BCUT2D eigenvalue weighted by molar-refractivity contribution is -0.122. The van der Waals surface area contributed by atoms with Gasteiger partial charge in [-0.15, -0.1) is 0 Å². The Bertz CT molecular complexity index is 995. The molecule has 1 aliphatic heterocycles. The first-order valence-corrected chi connectivity index (χ1v) is 10.7. The van der Waals surface area contributed by atoms with Gasteiger partial charge in [0.15, 0.2) is 5.82 Å². The zero-order valence-electron chi connectivity index (χ0n) is 16.7. The van der Waals surface area contributed by atoms with Crippen LogP contribution < -0.4 is 0 Å². The van der Waals surface area contributed by atoms with E-state index in [2.05, 4.69) is 20.8 Å². The first-order valence-electron chi connectivity index (χ1n) is 10.3. The molecule has 3 heterocycles. The fraction of sp³-hybridized carbons (Fsp3) is 0.476. The summed E-state index contributed by atoms with van der Waals surface area (Å²) >= 11 is 6.19. The summed E-state index contributed by atoms with van der Waals surface area (Å²) in [6, 6.07) is 8.01. The lowest BCUT2D eigenvalue weighted by Gasteiger charge is -2.22. The molecule has 1 atom stereocenters. The number of fused-ring (bicyclic) bond motifs is 1. The fourth-order valence-electron chi connectivity index (χ4n) is 4.40. The van der Waals surface area contributed by atoms with E-state index in [4.69, 9.17) is 31.6 Å². The molecule has 1 saturated carbocycles.